The van der Waals surface area contributed by atoms with Crippen LogP contribution < -0.4 is 9.47 Å². The van der Waals surface area contributed by atoms with Gasteiger partial charge in [-0.3, -0.25) is 0 Å². The lowest BCUT2D eigenvalue weighted by Gasteiger charge is -2.12. The van der Waals surface area contributed by atoms with Crippen LogP contribution in [0.1, 0.15) is 108 Å². The summed E-state index contributed by atoms with van der Waals surface area (Å²) in [4.78, 5) is 0. The molecule has 2 nitrogen and oxygen atoms in total. The highest BCUT2D eigenvalue weighted by atomic mass is 16.5. The molecule has 0 saturated carbocycles. The summed E-state index contributed by atoms with van der Waals surface area (Å²) < 4.78 is 12.2. The molecule has 0 spiro atoms. The fraction of sp³-hybridized carbons (Fsp3) is 0.500. The van der Waals surface area contributed by atoms with Gasteiger partial charge >= 0.3 is 0 Å². The van der Waals surface area contributed by atoms with Gasteiger partial charge in [0.15, 0.2) is 0 Å². The van der Waals surface area contributed by atoms with Crippen molar-refractivity contribution in [2.75, 3.05) is 13.2 Å². The van der Waals surface area contributed by atoms with Crippen LogP contribution in [0.5, 0.6) is 11.5 Å². The number of hydrogen-bond acceptors (Lipinski definition) is 2. The van der Waals surface area contributed by atoms with Gasteiger partial charge in [0.05, 0.1) is 13.2 Å². The lowest BCUT2D eigenvalue weighted by Crippen LogP contribution is -2.01. The molecule has 0 radical (unpaired) electrons. The van der Waals surface area contributed by atoms with Crippen LogP contribution in [0.25, 0.3) is 12.2 Å². The van der Waals surface area contributed by atoms with E-state index in [1.165, 1.54) is 64.2 Å². The van der Waals surface area contributed by atoms with E-state index >= 15 is 0 Å². The number of terminal acetylenes is 1. The molecule has 0 aromatic heterocycles. The Balaban J connectivity index is 1.95. The number of rotatable bonds is 18. The van der Waals surface area contributed by atoms with Crippen LogP contribution >= 0.6 is 0 Å². The average Bonchev–Trinajstić information content (AvgIpc) is 2.87. The normalized spacial score (nSPS) is 11.0. The first-order valence-electron chi connectivity index (χ1n) is 13.4. The minimum atomic E-state index is 0.752. The van der Waals surface area contributed by atoms with Crippen LogP contribution in [0.15, 0.2) is 42.5 Å². The second kappa shape index (κ2) is 17.8. The zero-order valence-corrected chi connectivity index (χ0v) is 21.5. The predicted molar refractivity (Wildman–Crippen MR) is 147 cm³/mol. The summed E-state index contributed by atoms with van der Waals surface area (Å²) in [6.07, 6.45) is 24.8. The van der Waals surface area contributed by atoms with Gasteiger partial charge in [-0.2, -0.15) is 0 Å². The maximum atomic E-state index is 6.17. The molecule has 2 rings (SSSR count). The number of benzene rings is 2. The maximum Gasteiger partial charge on any atom is 0.126 e. The smallest absolute Gasteiger partial charge is 0.126 e. The molecular weight excluding hydrogens is 416 g/mol. The van der Waals surface area contributed by atoms with Crippen molar-refractivity contribution in [1.29, 1.82) is 0 Å². The summed E-state index contributed by atoms with van der Waals surface area (Å²) in [7, 11) is 0. The standard InChI is InChI=1S/C32H44O2/c1-4-7-9-11-13-15-25-33-31-23-24-32(34-26-16-14-12-10-8-5-2)30(27-31)22-21-29-19-17-28(6-3)18-20-29/h3,17-24,27H,4-5,7-16,25-26H2,1-2H3/b22-21+. The van der Waals surface area contributed by atoms with E-state index in [0.29, 0.717) is 0 Å². The van der Waals surface area contributed by atoms with Gasteiger partial charge in [0.2, 0.25) is 0 Å². The van der Waals surface area contributed by atoms with E-state index in [-0.39, 0.29) is 0 Å². The first-order valence-corrected chi connectivity index (χ1v) is 13.4. The molecule has 0 amide bonds. The molecule has 0 atom stereocenters. The third-order valence-electron chi connectivity index (χ3n) is 6.04. The van der Waals surface area contributed by atoms with Gasteiger partial charge in [0, 0.05) is 11.1 Å². The van der Waals surface area contributed by atoms with Gasteiger partial charge in [-0.15, -0.1) is 6.42 Å². The quantitative estimate of drug-likeness (QED) is 0.125. The minimum Gasteiger partial charge on any atom is -0.494 e. The number of ether oxygens (including phenoxy) is 2. The molecule has 0 saturated heterocycles. The largest absolute Gasteiger partial charge is 0.494 e. The van der Waals surface area contributed by atoms with E-state index in [4.69, 9.17) is 15.9 Å². The molecule has 2 heteroatoms. The summed E-state index contributed by atoms with van der Waals surface area (Å²) in [5.74, 6) is 4.49. The van der Waals surface area contributed by atoms with Crippen LogP contribution in [0, 0.1) is 12.3 Å². The lowest BCUT2D eigenvalue weighted by molar-refractivity contribution is 0.296. The van der Waals surface area contributed by atoms with Crippen molar-refractivity contribution in [3.63, 3.8) is 0 Å². The number of unbranched alkanes of at least 4 members (excludes halogenated alkanes) is 10. The molecule has 0 fully saturated rings. The Morgan fingerprint density at radius 3 is 1.88 bits per heavy atom. The van der Waals surface area contributed by atoms with Crippen LogP contribution in [0.4, 0.5) is 0 Å². The van der Waals surface area contributed by atoms with E-state index in [1.54, 1.807) is 0 Å². The Morgan fingerprint density at radius 2 is 1.26 bits per heavy atom. The highest BCUT2D eigenvalue weighted by Crippen LogP contribution is 2.27. The monoisotopic (exact) mass is 460 g/mol. The Morgan fingerprint density at radius 1 is 0.676 bits per heavy atom. The Kier molecular flexibility index (Phi) is 14.4. The molecule has 0 bridgehead atoms. The third-order valence-corrected chi connectivity index (χ3v) is 6.04. The summed E-state index contributed by atoms with van der Waals surface area (Å²) in [5.41, 5.74) is 3.05. The molecule has 34 heavy (non-hydrogen) atoms. The number of hydrogen-bond donors (Lipinski definition) is 0. The average molecular weight is 461 g/mol. The molecule has 184 valence electrons. The van der Waals surface area contributed by atoms with Gasteiger partial charge in [-0.25, -0.2) is 0 Å². The lowest BCUT2D eigenvalue weighted by atomic mass is 10.1. The van der Waals surface area contributed by atoms with Crippen LogP contribution in [-0.4, -0.2) is 13.2 Å². The van der Waals surface area contributed by atoms with Crippen molar-refractivity contribution in [1.82, 2.24) is 0 Å². The predicted octanol–water partition coefficient (Wildman–Crippen LogP) is 9.32. The fourth-order valence-electron chi connectivity index (χ4n) is 3.89. The minimum absolute atomic E-state index is 0.752. The summed E-state index contributed by atoms with van der Waals surface area (Å²) in [6.45, 7) is 6.02. The van der Waals surface area contributed by atoms with Gasteiger partial charge < -0.3 is 9.47 Å². The van der Waals surface area contributed by atoms with Crippen molar-refractivity contribution in [3.05, 3.63) is 59.2 Å². The van der Waals surface area contributed by atoms with E-state index < -0.39 is 0 Å². The molecule has 0 heterocycles. The second-order valence-corrected chi connectivity index (χ2v) is 9.03. The Bertz CT molecular complexity index is 858. The highest BCUT2D eigenvalue weighted by Gasteiger charge is 2.05. The van der Waals surface area contributed by atoms with Crippen molar-refractivity contribution in [2.45, 2.75) is 90.9 Å². The molecule has 2 aromatic carbocycles. The van der Waals surface area contributed by atoms with Gasteiger partial charge in [-0.1, -0.05) is 108 Å². The zero-order valence-electron chi connectivity index (χ0n) is 21.5. The maximum absolute atomic E-state index is 6.17. The van der Waals surface area contributed by atoms with Crippen molar-refractivity contribution in [3.8, 4) is 23.8 Å². The van der Waals surface area contributed by atoms with Gasteiger partial charge in [0.1, 0.15) is 11.5 Å². The van der Waals surface area contributed by atoms with Crippen LogP contribution in [0.2, 0.25) is 0 Å². The van der Waals surface area contributed by atoms with E-state index in [0.717, 1.165) is 54.2 Å². The van der Waals surface area contributed by atoms with Crippen LogP contribution in [0.3, 0.4) is 0 Å². The fourth-order valence-corrected chi connectivity index (χ4v) is 3.89. The Labute approximate surface area is 208 Å². The van der Waals surface area contributed by atoms with E-state index in [1.807, 2.05) is 30.3 Å². The SMILES string of the molecule is C#Cc1ccc(/C=C/c2cc(OCCCCCCCC)ccc2OCCCCCCCC)cc1. The first kappa shape index (κ1) is 27.6. The molecule has 0 aliphatic rings. The third kappa shape index (κ3) is 11.5. The topological polar surface area (TPSA) is 18.5 Å². The summed E-state index contributed by atoms with van der Waals surface area (Å²) in [6, 6.07) is 14.2. The summed E-state index contributed by atoms with van der Waals surface area (Å²) in [5, 5.41) is 0. The molecule has 0 aliphatic carbocycles. The van der Waals surface area contributed by atoms with Crippen LogP contribution in [-0.2, 0) is 0 Å². The molecule has 0 N–H and O–H groups in total. The molecular formula is C32H44O2. The van der Waals surface area contributed by atoms with Crippen molar-refractivity contribution >= 4 is 12.2 Å². The molecule has 2 aromatic rings. The molecule has 0 aliphatic heterocycles. The second-order valence-electron chi connectivity index (χ2n) is 9.03. The van der Waals surface area contributed by atoms with Gasteiger partial charge in [-0.05, 0) is 48.7 Å². The first-order chi connectivity index (χ1) is 16.8. The van der Waals surface area contributed by atoms with Crippen molar-refractivity contribution in [2.24, 2.45) is 0 Å². The highest BCUT2D eigenvalue weighted by molar-refractivity contribution is 5.73. The molecule has 0 unspecified atom stereocenters. The van der Waals surface area contributed by atoms with E-state index in [9.17, 15) is 0 Å². The summed E-state index contributed by atoms with van der Waals surface area (Å²) >= 11 is 0. The van der Waals surface area contributed by atoms with E-state index in [2.05, 4.69) is 44.1 Å². The van der Waals surface area contributed by atoms with Gasteiger partial charge in [0.25, 0.3) is 0 Å². The van der Waals surface area contributed by atoms with Crippen molar-refractivity contribution < 1.29 is 9.47 Å². The Hall–Kier alpha value is -2.66. The zero-order chi connectivity index (χ0) is 24.3.